The molecule has 0 saturated heterocycles. The van der Waals surface area contributed by atoms with E-state index in [0.29, 0.717) is 23.0 Å². The second kappa shape index (κ2) is 36.7. The molecule has 0 radical (unpaired) electrons. The fourth-order valence-corrected chi connectivity index (χ4v) is 25.7. The van der Waals surface area contributed by atoms with Crippen LogP contribution in [0.1, 0.15) is 49.9 Å². The van der Waals surface area contributed by atoms with Crippen LogP contribution in [0.2, 0.25) is 0 Å². The first kappa shape index (κ1) is 88.9. The van der Waals surface area contributed by atoms with Crippen molar-refractivity contribution in [3.63, 3.8) is 0 Å². The Morgan fingerprint density at radius 2 is 0.709 bits per heavy atom. The first-order valence-electron chi connectivity index (χ1n) is 50.2. The summed E-state index contributed by atoms with van der Waals surface area (Å²) in [6.45, 7) is 9.21. The Balaban J connectivity index is 0.0000000979. The second-order valence-electron chi connectivity index (χ2n) is 39.3. The number of nitrogens with one attached hydrogen (secondary N) is 4. The molecule has 0 saturated carbocycles. The van der Waals surface area contributed by atoms with Crippen molar-refractivity contribution in [3.05, 3.63) is 496 Å². The molecule has 706 valence electrons. The van der Waals surface area contributed by atoms with E-state index in [1.54, 1.807) is 0 Å². The molecule has 1 aliphatic heterocycles. The van der Waals surface area contributed by atoms with Crippen LogP contribution in [0.25, 0.3) is 194 Å². The number of para-hydroxylation sites is 8. The summed E-state index contributed by atoms with van der Waals surface area (Å²) in [5.41, 5.74) is 34.2. The lowest BCUT2D eigenvalue weighted by atomic mass is 9.82. The smallest absolute Gasteiger partial charge is 0.178 e. The number of hydrogen-bond donors (Lipinski definition) is 4. The molecule has 0 bridgehead atoms. The van der Waals surface area contributed by atoms with Crippen molar-refractivity contribution in [2.45, 2.75) is 38.5 Å². The van der Waals surface area contributed by atoms with Gasteiger partial charge in [0.05, 0.1) is 5.52 Å². The third-order valence-corrected chi connectivity index (χ3v) is 32.9. The van der Waals surface area contributed by atoms with Gasteiger partial charge in [0, 0.05) is 195 Å². The summed E-state index contributed by atoms with van der Waals surface area (Å²) in [6.07, 6.45) is 6.66. The molecule has 0 amide bonds. The van der Waals surface area contributed by atoms with Crippen molar-refractivity contribution in [1.82, 2.24) is 4.57 Å². The highest BCUT2D eigenvalue weighted by Crippen LogP contribution is 2.56. The van der Waals surface area contributed by atoms with Crippen molar-refractivity contribution in [2.75, 3.05) is 21.3 Å². The molecule has 0 spiro atoms. The van der Waals surface area contributed by atoms with E-state index in [1.165, 1.54) is 144 Å². The van der Waals surface area contributed by atoms with E-state index >= 15 is 0 Å². The zero-order valence-corrected chi connectivity index (χ0v) is 83.9. The van der Waals surface area contributed by atoms with Gasteiger partial charge < -0.3 is 44.1 Å². The van der Waals surface area contributed by atoms with Gasteiger partial charge in [0.25, 0.3) is 0 Å². The molecule has 12 heteroatoms. The SMILES string of the molecule is CC1(C)C=Cc2cc(Nc3cc(-c4ccc(-c5ccccc5)cc4)c4sc5ccccc5c4c3)ccc21.CC1(C)c2ccccc2-c2c(Nc3cc(-c4ccccc4)c4sc5ccccc5c4c3)cccc21.c1ccc(-n2ccc3ccc(Nc4cc(-c5cccc6c5Oc5ccccc5O6)c5oc6ccccc6c5c4)cc32)cc1.c1ccc(Nc2cc(-c3cccc4c3oc3ccccc34)c3sc4ccccc4c3c2)cc1. The molecule has 0 unspecified atom stereocenters. The van der Waals surface area contributed by atoms with Crippen LogP contribution in [0, 0.1) is 0 Å². The molecule has 6 aromatic heterocycles. The number of hydrogen-bond acceptors (Lipinski definition) is 11. The highest BCUT2D eigenvalue weighted by molar-refractivity contribution is 7.27. The predicted octanol–water partition coefficient (Wildman–Crippen LogP) is 40.4. The molecule has 21 aromatic carbocycles. The Kier molecular flexibility index (Phi) is 22.0. The summed E-state index contributed by atoms with van der Waals surface area (Å²) in [4.78, 5) is 0. The normalized spacial score (nSPS) is 12.8. The van der Waals surface area contributed by atoms with E-state index in [0.717, 1.165) is 112 Å². The summed E-state index contributed by atoms with van der Waals surface area (Å²) >= 11 is 5.60. The third kappa shape index (κ3) is 16.1. The minimum Gasteiger partial charge on any atom is -0.455 e. The minimum absolute atomic E-state index is 0.00761. The number of fused-ring (bicyclic) bond motifs is 22. The average Bonchev–Trinajstić information content (AvgIpc) is 1.57. The quantitative estimate of drug-likeness (QED) is 0.0855. The number of nitrogens with zero attached hydrogens (tertiary/aromatic N) is 1. The Bertz CT molecular complexity index is 9940. The van der Waals surface area contributed by atoms with Gasteiger partial charge in [-0.3, -0.25) is 0 Å². The number of rotatable bonds is 14. The minimum atomic E-state index is -0.00761. The van der Waals surface area contributed by atoms with E-state index in [2.05, 4.69) is 454 Å². The number of allylic oxidation sites excluding steroid dienone is 1. The topological polar surface area (TPSA) is 97.8 Å². The summed E-state index contributed by atoms with van der Waals surface area (Å²) in [5, 5.41) is 28.2. The molecular formula is C136H95N5O4S3. The molecule has 3 aliphatic rings. The van der Waals surface area contributed by atoms with Crippen molar-refractivity contribution in [3.8, 4) is 95.4 Å². The zero-order chi connectivity index (χ0) is 98.7. The van der Waals surface area contributed by atoms with Crippen molar-refractivity contribution >= 4 is 201 Å². The van der Waals surface area contributed by atoms with Crippen LogP contribution in [0.4, 0.5) is 45.5 Å². The van der Waals surface area contributed by atoms with Crippen molar-refractivity contribution in [2.24, 2.45) is 0 Å². The fourth-order valence-electron chi connectivity index (χ4n) is 22.0. The number of benzene rings is 21. The van der Waals surface area contributed by atoms with Gasteiger partial charge in [-0.1, -0.05) is 343 Å². The summed E-state index contributed by atoms with van der Waals surface area (Å²) in [5.74, 6) is 2.73. The standard InChI is InChI=1S/C38H24N2O3.C35H27NS.C33H25NS.C30H19NOS/c1-2-9-27(10-3-1)40-20-19-24-17-18-25(23-32(24)40)39-26-21-30-28-11-4-5-13-33(28)42-37(30)31(22-26)29-12-8-16-36-38(29)43-35-15-7-6-14-34(35)41-36;1-35(2)19-18-26-20-27(16-17-32(26)35)36-28-21-30(34-31(22-28)29-10-6-7-11-33(29)37-34)25-14-12-24(13-15-25)23-8-4-3-5-9-23;1-33(2)27-15-8-6-14-24(27)31-28(33)16-10-17-29(31)34-22-19-25(21-11-4-3-5-12-21)32-26(20-22)23-13-7-9-18-30(23)35-32;1-2-9-19(10-3-1)31-20-17-25-22-12-5-7-16-28(22)33-30(25)26(18-20)24-14-8-13-23-21-11-4-6-15-27(21)32-29(23)24/h1-23,39H;3-22,36H,1-2H3;3-20,34H,1-2H3;1-18,31H. The fraction of sp³-hybridized carbons (Fsp3) is 0.0441. The molecule has 27 aromatic rings. The number of thiophene rings is 3. The molecular weight excluding hydrogens is 1860 g/mol. The Morgan fingerprint density at radius 3 is 1.36 bits per heavy atom. The van der Waals surface area contributed by atoms with Gasteiger partial charge in [-0.15, -0.1) is 34.0 Å². The predicted molar refractivity (Wildman–Crippen MR) is 628 cm³/mol. The van der Waals surface area contributed by atoms with Gasteiger partial charge in [0.15, 0.2) is 23.0 Å². The molecule has 4 N–H and O–H groups in total. The largest absolute Gasteiger partial charge is 0.455 e. The van der Waals surface area contributed by atoms with Crippen molar-refractivity contribution < 1.29 is 18.3 Å². The molecule has 7 heterocycles. The number of anilines is 8. The van der Waals surface area contributed by atoms with E-state index in [9.17, 15) is 0 Å². The zero-order valence-electron chi connectivity index (χ0n) is 81.4. The summed E-state index contributed by atoms with van der Waals surface area (Å²) in [6, 6.07) is 163. The van der Waals surface area contributed by atoms with Gasteiger partial charge in [0.2, 0.25) is 0 Å². The third-order valence-electron chi connectivity index (χ3n) is 29.2. The van der Waals surface area contributed by atoms with Crippen LogP contribution in [0.3, 0.4) is 0 Å². The molecule has 0 atom stereocenters. The van der Waals surface area contributed by atoms with Gasteiger partial charge >= 0.3 is 0 Å². The second-order valence-corrected chi connectivity index (χ2v) is 42.4. The molecule has 9 nitrogen and oxygen atoms in total. The van der Waals surface area contributed by atoms with Gasteiger partial charge in [-0.25, -0.2) is 0 Å². The van der Waals surface area contributed by atoms with Crippen LogP contribution < -0.4 is 30.7 Å². The van der Waals surface area contributed by atoms with Crippen LogP contribution in [0.5, 0.6) is 23.0 Å². The number of ether oxygens (including phenoxy) is 2. The first-order valence-corrected chi connectivity index (χ1v) is 52.6. The lowest BCUT2D eigenvalue weighted by Crippen LogP contribution is -2.14. The highest BCUT2D eigenvalue weighted by Gasteiger charge is 2.37. The lowest BCUT2D eigenvalue weighted by molar-refractivity contribution is 0.361. The average molecular weight is 1960 g/mol. The van der Waals surface area contributed by atoms with E-state index in [4.69, 9.17) is 18.3 Å². The molecule has 2 aliphatic carbocycles. The number of furan rings is 2. The lowest BCUT2D eigenvalue weighted by Gasteiger charge is -2.23. The Hall–Kier alpha value is -18.0. The first-order chi connectivity index (χ1) is 72.8. The molecule has 148 heavy (non-hydrogen) atoms. The van der Waals surface area contributed by atoms with E-state index in [1.807, 2.05) is 113 Å². The summed E-state index contributed by atoms with van der Waals surface area (Å²) < 4.78 is 35.7. The van der Waals surface area contributed by atoms with Crippen LogP contribution in [0.15, 0.2) is 482 Å². The number of aromatic nitrogens is 1. The Labute approximate surface area is 867 Å². The van der Waals surface area contributed by atoms with Gasteiger partial charge in [-0.2, -0.15) is 0 Å². The molecule has 30 rings (SSSR count). The van der Waals surface area contributed by atoms with E-state index in [-0.39, 0.29) is 10.8 Å². The maximum absolute atomic E-state index is 6.49. The molecule has 0 fully saturated rings. The van der Waals surface area contributed by atoms with Crippen LogP contribution in [-0.2, 0) is 10.8 Å². The monoisotopic (exact) mass is 1960 g/mol. The summed E-state index contributed by atoms with van der Waals surface area (Å²) in [7, 11) is 0. The van der Waals surface area contributed by atoms with Crippen LogP contribution >= 0.6 is 34.0 Å². The highest BCUT2D eigenvalue weighted by atomic mass is 32.1. The maximum atomic E-state index is 6.49. The Morgan fingerprint density at radius 1 is 0.264 bits per heavy atom. The van der Waals surface area contributed by atoms with E-state index < -0.39 is 0 Å². The van der Waals surface area contributed by atoms with Gasteiger partial charge in [-0.05, 0) is 208 Å². The van der Waals surface area contributed by atoms with Crippen LogP contribution in [-0.4, -0.2) is 4.57 Å². The maximum Gasteiger partial charge on any atom is 0.178 e. The van der Waals surface area contributed by atoms with Gasteiger partial charge in [0.1, 0.15) is 22.3 Å². The van der Waals surface area contributed by atoms with Crippen molar-refractivity contribution in [1.29, 1.82) is 0 Å².